The Bertz CT molecular complexity index is 577. The van der Waals surface area contributed by atoms with Gasteiger partial charge in [-0.15, -0.1) is 0 Å². The molecule has 5 heteroatoms. The molecule has 0 saturated heterocycles. The summed E-state index contributed by atoms with van der Waals surface area (Å²) in [6.07, 6.45) is 1.33. The summed E-state index contributed by atoms with van der Waals surface area (Å²) in [5.74, 6) is 0.434. The van der Waals surface area contributed by atoms with Crippen molar-refractivity contribution >= 4 is 27.5 Å². The van der Waals surface area contributed by atoms with Gasteiger partial charge >= 0.3 is 0 Å². The molecular weight excluding hydrogens is 330 g/mol. The fourth-order valence-corrected chi connectivity index (χ4v) is 2.58. The zero-order valence-electron chi connectivity index (χ0n) is 10.3. The molecule has 19 heavy (non-hydrogen) atoms. The number of aliphatic hydroxyl groups excluding tert-OH is 1. The second kappa shape index (κ2) is 6.37. The third-order valence-corrected chi connectivity index (χ3v) is 3.63. The molecule has 0 fully saturated rings. The summed E-state index contributed by atoms with van der Waals surface area (Å²) in [7, 11) is 1.53. The lowest BCUT2D eigenvalue weighted by Crippen LogP contribution is -2.05. The lowest BCUT2D eigenvalue weighted by atomic mass is 10.0. The number of nitrogens with zero attached hydrogens (tertiary/aromatic N) is 1. The lowest BCUT2D eigenvalue weighted by molar-refractivity contribution is 0.173. The van der Waals surface area contributed by atoms with Crippen LogP contribution in [0.25, 0.3) is 0 Å². The number of benzene rings is 1. The number of ether oxygens (including phenoxy) is 1. The number of methoxy groups -OCH3 is 1. The van der Waals surface area contributed by atoms with Crippen LogP contribution in [0.1, 0.15) is 17.2 Å². The molecule has 1 aromatic carbocycles. The van der Waals surface area contributed by atoms with Gasteiger partial charge in [-0.3, -0.25) is 0 Å². The van der Waals surface area contributed by atoms with Crippen molar-refractivity contribution < 1.29 is 9.84 Å². The Balaban J connectivity index is 2.23. The topological polar surface area (TPSA) is 42.4 Å². The van der Waals surface area contributed by atoms with E-state index in [4.69, 9.17) is 16.3 Å². The zero-order valence-corrected chi connectivity index (χ0v) is 12.6. The van der Waals surface area contributed by atoms with Crippen LogP contribution in [-0.4, -0.2) is 17.2 Å². The summed E-state index contributed by atoms with van der Waals surface area (Å²) in [6, 6.07) is 9.16. The van der Waals surface area contributed by atoms with E-state index in [1.807, 2.05) is 18.2 Å². The van der Waals surface area contributed by atoms with Gasteiger partial charge in [-0.1, -0.05) is 33.6 Å². The Morgan fingerprint density at radius 3 is 2.89 bits per heavy atom. The van der Waals surface area contributed by atoms with E-state index >= 15 is 0 Å². The van der Waals surface area contributed by atoms with E-state index in [2.05, 4.69) is 20.9 Å². The fraction of sp³-hybridized carbons (Fsp3) is 0.214. The number of pyridine rings is 1. The van der Waals surface area contributed by atoms with Gasteiger partial charge in [0, 0.05) is 27.7 Å². The number of aliphatic hydroxyl groups is 1. The number of rotatable bonds is 4. The maximum Gasteiger partial charge on any atom is 0.218 e. The van der Waals surface area contributed by atoms with Gasteiger partial charge in [-0.25, -0.2) is 4.98 Å². The molecule has 1 unspecified atom stereocenters. The van der Waals surface area contributed by atoms with Gasteiger partial charge in [0.25, 0.3) is 0 Å². The van der Waals surface area contributed by atoms with Crippen LogP contribution in [0.5, 0.6) is 5.88 Å². The van der Waals surface area contributed by atoms with E-state index < -0.39 is 6.10 Å². The summed E-state index contributed by atoms with van der Waals surface area (Å²) < 4.78 is 6.05. The van der Waals surface area contributed by atoms with Crippen molar-refractivity contribution in [2.24, 2.45) is 0 Å². The van der Waals surface area contributed by atoms with E-state index in [1.54, 1.807) is 18.3 Å². The monoisotopic (exact) mass is 341 g/mol. The summed E-state index contributed by atoms with van der Waals surface area (Å²) in [6.45, 7) is 0. The molecule has 1 N–H and O–H groups in total. The van der Waals surface area contributed by atoms with Gasteiger partial charge in [0.15, 0.2) is 0 Å². The van der Waals surface area contributed by atoms with Crippen molar-refractivity contribution in [2.45, 2.75) is 12.5 Å². The second-order valence-electron chi connectivity index (χ2n) is 4.06. The molecule has 100 valence electrons. The third-order valence-electron chi connectivity index (χ3n) is 2.78. The Hall–Kier alpha value is -1.10. The van der Waals surface area contributed by atoms with Crippen molar-refractivity contribution in [3.8, 4) is 5.88 Å². The molecular formula is C14H13BrClNO2. The van der Waals surface area contributed by atoms with Crippen molar-refractivity contribution in [1.29, 1.82) is 0 Å². The highest BCUT2D eigenvalue weighted by molar-refractivity contribution is 9.10. The molecule has 0 radical (unpaired) electrons. The van der Waals surface area contributed by atoms with Crippen molar-refractivity contribution in [3.63, 3.8) is 0 Å². The minimum Gasteiger partial charge on any atom is -0.481 e. The molecule has 2 rings (SSSR count). The number of hydrogen-bond acceptors (Lipinski definition) is 3. The van der Waals surface area contributed by atoms with Crippen molar-refractivity contribution in [2.75, 3.05) is 7.11 Å². The van der Waals surface area contributed by atoms with Crippen LogP contribution in [0.15, 0.2) is 41.0 Å². The molecule has 1 aromatic heterocycles. The smallest absolute Gasteiger partial charge is 0.218 e. The molecule has 0 spiro atoms. The maximum absolute atomic E-state index is 10.3. The normalized spacial score (nSPS) is 12.2. The van der Waals surface area contributed by atoms with Crippen molar-refractivity contribution in [3.05, 3.63) is 57.2 Å². The van der Waals surface area contributed by atoms with E-state index in [9.17, 15) is 5.11 Å². The highest BCUT2D eigenvalue weighted by Crippen LogP contribution is 2.29. The molecule has 0 saturated carbocycles. The molecule has 3 nitrogen and oxygen atoms in total. The Kier molecular flexibility index (Phi) is 4.80. The first-order valence-electron chi connectivity index (χ1n) is 5.72. The summed E-state index contributed by atoms with van der Waals surface area (Å²) >= 11 is 9.50. The van der Waals surface area contributed by atoms with E-state index in [0.717, 1.165) is 10.0 Å². The first kappa shape index (κ1) is 14.3. The quantitative estimate of drug-likeness (QED) is 0.919. The molecule has 2 aromatic rings. The highest BCUT2D eigenvalue weighted by Gasteiger charge is 2.16. The van der Waals surface area contributed by atoms with Crippen LogP contribution >= 0.6 is 27.5 Å². The lowest BCUT2D eigenvalue weighted by Gasteiger charge is -2.14. The van der Waals surface area contributed by atoms with Gasteiger partial charge in [0.1, 0.15) is 0 Å². The first-order valence-corrected chi connectivity index (χ1v) is 6.90. The predicted octanol–water partition coefficient (Wildman–Crippen LogP) is 3.78. The van der Waals surface area contributed by atoms with Crippen LogP contribution in [0.3, 0.4) is 0 Å². The second-order valence-corrected chi connectivity index (χ2v) is 5.38. The first-order chi connectivity index (χ1) is 9.11. The van der Waals surface area contributed by atoms with Gasteiger partial charge < -0.3 is 9.84 Å². The standard InChI is InChI=1S/C14H13BrClNO2/c1-19-14-11(3-2-6-17-14)13(18)7-9-4-5-10(15)8-12(9)16/h2-6,8,13,18H,7H2,1H3. The van der Waals surface area contributed by atoms with Gasteiger partial charge in [0.05, 0.1) is 13.2 Å². The summed E-state index contributed by atoms with van der Waals surface area (Å²) in [4.78, 5) is 4.07. The minimum absolute atomic E-state index is 0.411. The molecule has 0 aliphatic carbocycles. The molecule has 0 bridgehead atoms. The van der Waals surface area contributed by atoms with Crippen LogP contribution < -0.4 is 4.74 Å². The number of halogens is 2. The molecule has 1 heterocycles. The van der Waals surface area contributed by atoms with Crippen LogP contribution in [0, 0.1) is 0 Å². The fourth-order valence-electron chi connectivity index (χ4n) is 1.83. The zero-order chi connectivity index (χ0) is 13.8. The highest BCUT2D eigenvalue weighted by atomic mass is 79.9. The van der Waals surface area contributed by atoms with E-state index in [0.29, 0.717) is 22.9 Å². The largest absolute Gasteiger partial charge is 0.481 e. The van der Waals surface area contributed by atoms with Crippen molar-refractivity contribution in [1.82, 2.24) is 4.98 Å². The Morgan fingerprint density at radius 2 is 2.21 bits per heavy atom. The molecule has 0 aliphatic rings. The number of hydrogen-bond donors (Lipinski definition) is 1. The Morgan fingerprint density at radius 1 is 1.42 bits per heavy atom. The van der Waals surface area contributed by atoms with Crippen LogP contribution in [0.2, 0.25) is 5.02 Å². The van der Waals surface area contributed by atoms with Crippen LogP contribution in [0.4, 0.5) is 0 Å². The third kappa shape index (κ3) is 3.47. The SMILES string of the molecule is COc1ncccc1C(O)Cc1ccc(Br)cc1Cl. The Labute approximate surface area is 125 Å². The predicted molar refractivity (Wildman–Crippen MR) is 78.6 cm³/mol. The molecule has 0 amide bonds. The van der Waals surface area contributed by atoms with Gasteiger partial charge in [0.2, 0.25) is 5.88 Å². The maximum atomic E-state index is 10.3. The number of aromatic nitrogens is 1. The summed E-state index contributed by atoms with van der Waals surface area (Å²) in [5.41, 5.74) is 1.53. The van der Waals surface area contributed by atoms with E-state index in [1.165, 1.54) is 7.11 Å². The molecule has 0 aliphatic heterocycles. The average molecular weight is 343 g/mol. The van der Waals surface area contributed by atoms with Crippen LogP contribution in [-0.2, 0) is 6.42 Å². The average Bonchev–Trinajstić information content (AvgIpc) is 2.41. The molecule has 1 atom stereocenters. The summed E-state index contributed by atoms with van der Waals surface area (Å²) in [5, 5.41) is 10.9. The van der Waals surface area contributed by atoms with Gasteiger partial charge in [-0.2, -0.15) is 0 Å². The van der Waals surface area contributed by atoms with Gasteiger partial charge in [-0.05, 0) is 29.8 Å². The van der Waals surface area contributed by atoms with E-state index in [-0.39, 0.29) is 0 Å². The minimum atomic E-state index is -0.706.